The predicted molar refractivity (Wildman–Crippen MR) is 105 cm³/mol. The molecule has 2 saturated heterocycles. The fourth-order valence-electron chi connectivity index (χ4n) is 4.78. The Labute approximate surface area is 162 Å². The van der Waals surface area contributed by atoms with E-state index in [1.54, 1.807) is 0 Å². The number of fused-ring (bicyclic) bond motifs is 2. The number of halogens is 2. The average molecular weight is 461 g/mol. The van der Waals surface area contributed by atoms with E-state index in [-0.39, 0.29) is 23.8 Å². The molecule has 5 atom stereocenters. The van der Waals surface area contributed by atoms with Gasteiger partial charge in [-0.25, -0.2) is 0 Å². The van der Waals surface area contributed by atoms with Crippen LogP contribution in [0.1, 0.15) is 30.7 Å². The SMILES string of the molecule is COC(=O)C1C(c2ccc(Cl)cc2)C[C@@H]2CC[C@H]1[N+]2(C)/C=C/CI. The standard InChI is InChI=1S/C19H24ClINO2/c1-22(11-3-10-21)15-8-9-17(22)18(19(23)24-2)16(12-15)13-4-6-14(20)7-5-13/h3-7,11,15-18H,8-10,12H2,1-2H3/q+1/b11-3+/t15-,16?,17+,18?,22?/m0/s1. The number of hydrogen-bond donors (Lipinski definition) is 0. The van der Waals surface area contributed by atoms with E-state index in [1.807, 2.05) is 12.1 Å². The number of carbonyl (C=O) groups is 1. The maximum atomic E-state index is 12.7. The normalized spacial score (nSPS) is 35.3. The summed E-state index contributed by atoms with van der Waals surface area (Å²) in [5.74, 6) is 0.0396. The Balaban J connectivity index is 1.99. The minimum absolute atomic E-state index is 0.0764. The number of alkyl halides is 1. The number of benzene rings is 1. The number of quaternary nitrogens is 1. The molecule has 0 radical (unpaired) electrons. The molecule has 1 aromatic carbocycles. The lowest BCUT2D eigenvalue weighted by Crippen LogP contribution is -2.59. The lowest BCUT2D eigenvalue weighted by atomic mass is 9.75. The second-order valence-corrected chi connectivity index (χ2v) is 8.32. The Morgan fingerprint density at radius 1 is 1.38 bits per heavy atom. The van der Waals surface area contributed by atoms with Crippen LogP contribution < -0.4 is 0 Å². The van der Waals surface area contributed by atoms with E-state index in [2.05, 4.69) is 54.0 Å². The van der Waals surface area contributed by atoms with Gasteiger partial charge in [-0.15, -0.1) is 0 Å². The van der Waals surface area contributed by atoms with Crippen LogP contribution in [0.15, 0.2) is 36.5 Å². The summed E-state index contributed by atoms with van der Waals surface area (Å²) >= 11 is 8.41. The summed E-state index contributed by atoms with van der Waals surface area (Å²) in [6.45, 7) is 0. The number of carbonyl (C=O) groups excluding carboxylic acids is 1. The zero-order valence-corrected chi connectivity index (χ0v) is 17.0. The summed E-state index contributed by atoms with van der Waals surface area (Å²) < 4.78 is 7.08. The summed E-state index contributed by atoms with van der Waals surface area (Å²) in [6, 6.07) is 8.83. The molecule has 2 aliphatic rings. The van der Waals surface area contributed by atoms with E-state index in [4.69, 9.17) is 16.3 Å². The largest absolute Gasteiger partial charge is 0.469 e. The van der Waals surface area contributed by atoms with Crippen LogP contribution in [-0.2, 0) is 9.53 Å². The number of methoxy groups -OCH3 is 1. The summed E-state index contributed by atoms with van der Waals surface area (Å²) in [6.07, 6.45) is 7.80. The van der Waals surface area contributed by atoms with Crippen LogP contribution >= 0.6 is 34.2 Å². The molecule has 1 aromatic rings. The molecular formula is C19H24ClINO2+. The first-order valence-corrected chi connectivity index (χ1v) is 10.3. The summed E-state index contributed by atoms with van der Waals surface area (Å²) in [5.41, 5.74) is 1.20. The fraction of sp³-hybridized carbons (Fsp3) is 0.526. The maximum absolute atomic E-state index is 12.7. The Bertz CT molecular complexity index is 633. The Kier molecular flexibility index (Phi) is 5.57. The highest BCUT2D eigenvalue weighted by Crippen LogP contribution is 2.51. The third-order valence-electron chi connectivity index (χ3n) is 5.96. The van der Waals surface area contributed by atoms with E-state index in [0.717, 1.165) is 26.8 Å². The van der Waals surface area contributed by atoms with Crippen molar-refractivity contribution in [3.05, 3.63) is 47.1 Å². The molecule has 2 heterocycles. The molecule has 0 saturated carbocycles. The number of allylic oxidation sites excluding steroid dienone is 1. The molecule has 0 aromatic heterocycles. The van der Waals surface area contributed by atoms with Gasteiger partial charge in [0.2, 0.25) is 0 Å². The quantitative estimate of drug-likeness (QED) is 0.285. The van der Waals surface area contributed by atoms with Crippen molar-refractivity contribution in [2.75, 3.05) is 18.6 Å². The van der Waals surface area contributed by atoms with Crippen LogP contribution in [0.25, 0.3) is 0 Å². The molecule has 0 spiro atoms. The van der Waals surface area contributed by atoms with Crippen molar-refractivity contribution in [2.45, 2.75) is 37.3 Å². The van der Waals surface area contributed by atoms with Gasteiger partial charge in [0, 0.05) is 34.6 Å². The fourth-order valence-corrected chi connectivity index (χ4v) is 5.13. The second kappa shape index (κ2) is 7.34. The number of nitrogens with zero attached hydrogens (tertiary/aromatic N) is 1. The van der Waals surface area contributed by atoms with Crippen molar-refractivity contribution in [1.82, 2.24) is 0 Å². The topological polar surface area (TPSA) is 26.3 Å². The van der Waals surface area contributed by atoms with E-state index < -0.39 is 0 Å². The third-order valence-corrected chi connectivity index (χ3v) is 6.72. The lowest BCUT2D eigenvalue weighted by molar-refractivity contribution is -0.904. The van der Waals surface area contributed by atoms with Crippen LogP contribution in [0.5, 0.6) is 0 Å². The first kappa shape index (κ1) is 18.2. The first-order chi connectivity index (χ1) is 11.5. The number of hydrogen-bond acceptors (Lipinski definition) is 2. The van der Waals surface area contributed by atoms with Crippen LogP contribution in [0.2, 0.25) is 5.02 Å². The van der Waals surface area contributed by atoms with Gasteiger partial charge in [-0.2, -0.15) is 0 Å². The van der Waals surface area contributed by atoms with E-state index >= 15 is 0 Å². The van der Waals surface area contributed by atoms with Crippen molar-refractivity contribution < 1.29 is 14.0 Å². The average Bonchev–Trinajstić information content (AvgIpc) is 2.78. The summed E-state index contributed by atoms with van der Waals surface area (Å²) in [5, 5.41) is 0.734. The molecule has 0 N–H and O–H groups in total. The first-order valence-electron chi connectivity index (χ1n) is 8.43. The highest BCUT2D eigenvalue weighted by atomic mass is 127. The Morgan fingerprint density at radius 3 is 2.71 bits per heavy atom. The third kappa shape index (κ3) is 3.13. The number of esters is 1. The van der Waals surface area contributed by atoms with Crippen molar-refractivity contribution in [3.63, 3.8) is 0 Å². The predicted octanol–water partition coefficient (Wildman–Crippen LogP) is 4.54. The number of rotatable bonds is 4. The molecule has 3 nitrogen and oxygen atoms in total. The van der Waals surface area contributed by atoms with Gasteiger partial charge in [-0.3, -0.25) is 9.28 Å². The van der Waals surface area contributed by atoms with Gasteiger partial charge in [-0.05, 0) is 23.8 Å². The molecule has 2 bridgehead atoms. The van der Waals surface area contributed by atoms with Gasteiger partial charge in [0.05, 0.1) is 26.4 Å². The van der Waals surface area contributed by atoms with Gasteiger partial charge >= 0.3 is 5.97 Å². The van der Waals surface area contributed by atoms with Gasteiger partial charge in [0.15, 0.2) is 0 Å². The molecule has 5 heteroatoms. The molecular weight excluding hydrogens is 437 g/mol. The Hall–Kier alpha value is -0.590. The van der Waals surface area contributed by atoms with Crippen LogP contribution in [0, 0.1) is 5.92 Å². The Morgan fingerprint density at radius 2 is 2.08 bits per heavy atom. The highest BCUT2D eigenvalue weighted by Gasteiger charge is 2.58. The van der Waals surface area contributed by atoms with E-state index in [1.165, 1.54) is 19.1 Å². The molecule has 130 valence electrons. The summed E-state index contributed by atoms with van der Waals surface area (Å²) in [7, 11) is 3.78. The van der Waals surface area contributed by atoms with E-state index in [0.29, 0.717) is 6.04 Å². The summed E-state index contributed by atoms with van der Waals surface area (Å²) in [4.78, 5) is 12.7. The molecule has 0 aliphatic carbocycles. The van der Waals surface area contributed by atoms with Gasteiger partial charge in [0.25, 0.3) is 0 Å². The smallest absolute Gasteiger partial charge is 0.315 e. The molecule has 3 rings (SSSR count). The second-order valence-electron chi connectivity index (χ2n) is 7.00. The van der Waals surface area contributed by atoms with Crippen LogP contribution in [-0.4, -0.2) is 41.1 Å². The minimum Gasteiger partial charge on any atom is -0.469 e. The van der Waals surface area contributed by atoms with Crippen molar-refractivity contribution >= 4 is 40.2 Å². The maximum Gasteiger partial charge on any atom is 0.315 e. The molecule has 2 fully saturated rings. The zero-order chi connectivity index (χ0) is 17.3. The van der Waals surface area contributed by atoms with Gasteiger partial charge < -0.3 is 4.74 Å². The monoisotopic (exact) mass is 460 g/mol. The zero-order valence-electron chi connectivity index (χ0n) is 14.1. The molecule has 0 amide bonds. The van der Waals surface area contributed by atoms with E-state index in [9.17, 15) is 4.79 Å². The molecule has 3 unspecified atom stereocenters. The van der Waals surface area contributed by atoms with Crippen molar-refractivity contribution in [3.8, 4) is 0 Å². The highest BCUT2D eigenvalue weighted by molar-refractivity contribution is 14.1. The van der Waals surface area contributed by atoms with Crippen LogP contribution in [0.3, 0.4) is 0 Å². The van der Waals surface area contributed by atoms with Crippen LogP contribution in [0.4, 0.5) is 0 Å². The number of piperidine rings is 1. The van der Waals surface area contributed by atoms with Gasteiger partial charge in [0.1, 0.15) is 12.0 Å². The lowest BCUT2D eigenvalue weighted by Gasteiger charge is -2.48. The van der Waals surface area contributed by atoms with Gasteiger partial charge in [-0.1, -0.05) is 46.3 Å². The van der Waals surface area contributed by atoms with Crippen molar-refractivity contribution in [2.24, 2.45) is 5.92 Å². The van der Waals surface area contributed by atoms with Crippen molar-refractivity contribution in [1.29, 1.82) is 0 Å². The molecule has 2 aliphatic heterocycles. The minimum atomic E-state index is -0.0983. The molecule has 24 heavy (non-hydrogen) atoms. The number of ether oxygens (including phenoxy) is 1.